The zero-order valence-corrected chi connectivity index (χ0v) is 20.1. The van der Waals surface area contributed by atoms with Gasteiger partial charge in [0.25, 0.3) is 0 Å². The zero-order chi connectivity index (χ0) is 25.0. The summed E-state index contributed by atoms with van der Waals surface area (Å²) in [6, 6.07) is 7.62. The average molecular weight is 518 g/mol. The smallest absolute Gasteiger partial charge is 0.416 e. The highest BCUT2D eigenvalue weighted by atomic mass is 35.5. The Morgan fingerprint density at radius 2 is 1.74 bits per heavy atom. The predicted octanol–water partition coefficient (Wildman–Crippen LogP) is 7.37. The van der Waals surface area contributed by atoms with Gasteiger partial charge in [0, 0.05) is 16.1 Å². The minimum atomic E-state index is -4.57. The second kappa shape index (κ2) is 10.9. The fourth-order valence-corrected chi connectivity index (χ4v) is 4.71. The van der Waals surface area contributed by atoms with Gasteiger partial charge in [-0.05, 0) is 73.2 Å². The SMILES string of the molecule is CCOC(=O)N1c2ccc(C(F)(F)F)cc2C(CC(=O)OCc2cc(Cl)cc(Cl)c2)CC1CC. The number of ether oxygens (including phenoxy) is 2. The molecule has 2 unspecified atom stereocenters. The van der Waals surface area contributed by atoms with Gasteiger partial charge in [-0.3, -0.25) is 9.69 Å². The van der Waals surface area contributed by atoms with Gasteiger partial charge < -0.3 is 9.47 Å². The lowest BCUT2D eigenvalue weighted by atomic mass is 9.82. The summed E-state index contributed by atoms with van der Waals surface area (Å²) >= 11 is 11.9. The highest BCUT2D eigenvalue weighted by molar-refractivity contribution is 6.34. The minimum absolute atomic E-state index is 0.0760. The molecule has 0 fully saturated rings. The van der Waals surface area contributed by atoms with E-state index in [0.29, 0.717) is 34.1 Å². The summed E-state index contributed by atoms with van der Waals surface area (Å²) in [5.41, 5.74) is 0.311. The van der Waals surface area contributed by atoms with Gasteiger partial charge in [0.2, 0.25) is 0 Å². The Hall–Kier alpha value is -2.45. The third-order valence-corrected chi connectivity index (χ3v) is 6.08. The highest BCUT2D eigenvalue weighted by Crippen LogP contribution is 2.44. The molecule has 1 heterocycles. The number of carbonyl (C=O) groups excluding carboxylic acids is 2. The number of benzene rings is 2. The van der Waals surface area contributed by atoms with Crippen LogP contribution in [0.15, 0.2) is 36.4 Å². The largest absolute Gasteiger partial charge is 0.461 e. The molecule has 0 aliphatic carbocycles. The van der Waals surface area contributed by atoms with Crippen LogP contribution >= 0.6 is 23.2 Å². The number of anilines is 1. The number of esters is 1. The number of alkyl halides is 3. The number of carbonyl (C=O) groups is 2. The number of fused-ring (bicyclic) bond motifs is 1. The molecular weight excluding hydrogens is 494 g/mol. The van der Waals surface area contributed by atoms with Crippen LogP contribution in [0.5, 0.6) is 0 Å². The lowest BCUT2D eigenvalue weighted by Crippen LogP contribution is -2.45. The molecule has 184 valence electrons. The Kier molecular flexibility index (Phi) is 8.36. The molecule has 10 heteroatoms. The van der Waals surface area contributed by atoms with E-state index in [2.05, 4.69) is 0 Å². The van der Waals surface area contributed by atoms with Crippen LogP contribution in [-0.4, -0.2) is 24.7 Å². The molecular formula is C24H24Cl2F3NO4. The molecule has 1 amide bonds. The van der Waals surface area contributed by atoms with Crippen molar-refractivity contribution in [1.82, 2.24) is 0 Å². The van der Waals surface area contributed by atoms with Crippen molar-refractivity contribution < 1.29 is 32.2 Å². The lowest BCUT2D eigenvalue weighted by Gasteiger charge is -2.40. The number of rotatable bonds is 6. The number of halogens is 5. The summed E-state index contributed by atoms with van der Waals surface area (Å²) in [5.74, 6) is -1.15. The van der Waals surface area contributed by atoms with E-state index < -0.39 is 29.7 Å². The van der Waals surface area contributed by atoms with Crippen molar-refractivity contribution in [2.24, 2.45) is 0 Å². The van der Waals surface area contributed by atoms with Gasteiger partial charge in [-0.15, -0.1) is 0 Å². The summed E-state index contributed by atoms with van der Waals surface area (Å²) in [7, 11) is 0. The van der Waals surface area contributed by atoms with E-state index in [1.165, 1.54) is 11.0 Å². The van der Waals surface area contributed by atoms with Crippen LogP contribution in [0.2, 0.25) is 10.0 Å². The van der Waals surface area contributed by atoms with E-state index in [0.717, 1.165) is 12.1 Å². The Balaban J connectivity index is 1.88. The molecule has 34 heavy (non-hydrogen) atoms. The van der Waals surface area contributed by atoms with Gasteiger partial charge in [0.15, 0.2) is 0 Å². The topological polar surface area (TPSA) is 55.8 Å². The fraction of sp³-hybridized carbons (Fsp3) is 0.417. The van der Waals surface area contributed by atoms with Gasteiger partial charge in [-0.1, -0.05) is 30.1 Å². The molecule has 0 radical (unpaired) electrons. The maximum Gasteiger partial charge on any atom is 0.416 e. The molecule has 2 atom stereocenters. The molecule has 0 spiro atoms. The van der Waals surface area contributed by atoms with Crippen LogP contribution in [0.25, 0.3) is 0 Å². The van der Waals surface area contributed by atoms with E-state index in [1.807, 2.05) is 6.92 Å². The first-order valence-corrected chi connectivity index (χ1v) is 11.6. The molecule has 2 aromatic carbocycles. The Morgan fingerprint density at radius 3 is 2.32 bits per heavy atom. The van der Waals surface area contributed by atoms with Crippen molar-refractivity contribution in [2.75, 3.05) is 11.5 Å². The average Bonchev–Trinajstić information content (AvgIpc) is 2.76. The molecule has 3 rings (SSSR count). The maximum atomic E-state index is 13.4. The maximum absolute atomic E-state index is 13.4. The van der Waals surface area contributed by atoms with Crippen LogP contribution in [0.1, 0.15) is 55.7 Å². The first-order chi connectivity index (χ1) is 16.0. The molecule has 1 aliphatic heterocycles. The molecule has 0 saturated heterocycles. The van der Waals surface area contributed by atoms with Crippen molar-refractivity contribution in [3.8, 4) is 0 Å². The van der Waals surface area contributed by atoms with E-state index in [9.17, 15) is 22.8 Å². The summed E-state index contributed by atoms with van der Waals surface area (Å²) in [5, 5.41) is 0.786. The van der Waals surface area contributed by atoms with Crippen LogP contribution in [0, 0.1) is 0 Å². The molecule has 0 bridgehead atoms. The standard InChI is InChI=1S/C24H24Cl2F3NO4/c1-3-19-9-15(10-22(31)34-13-14-7-17(25)12-18(26)8-14)20-11-16(24(27,28)29)5-6-21(20)30(19)23(32)33-4-2/h5-8,11-12,15,19H,3-4,9-10,13H2,1-2H3. The second-order valence-electron chi connectivity index (χ2n) is 7.98. The number of hydrogen-bond acceptors (Lipinski definition) is 4. The van der Waals surface area contributed by atoms with Gasteiger partial charge in [0.1, 0.15) is 6.61 Å². The Bertz CT molecular complexity index is 1040. The highest BCUT2D eigenvalue weighted by Gasteiger charge is 2.39. The predicted molar refractivity (Wildman–Crippen MR) is 123 cm³/mol. The lowest BCUT2D eigenvalue weighted by molar-refractivity contribution is -0.145. The fourth-order valence-electron chi connectivity index (χ4n) is 4.14. The third kappa shape index (κ3) is 6.16. The van der Waals surface area contributed by atoms with Crippen LogP contribution in [0.3, 0.4) is 0 Å². The van der Waals surface area contributed by atoms with Gasteiger partial charge in [-0.25, -0.2) is 4.79 Å². The monoisotopic (exact) mass is 517 g/mol. The van der Waals surface area contributed by atoms with Crippen LogP contribution in [-0.2, 0) is 27.1 Å². The number of nitrogens with zero attached hydrogens (tertiary/aromatic N) is 1. The molecule has 5 nitrogen and oxygen atoms in total. The summed E-state index contributed by atoms with van der Waals surface area (Å²) in [6.07, 6.45) is -4.51. The van der Waals surface area contributed by atoms with E-state index in [-0.39, 0.29) is 31.2 Å². The van der Waals surface area contributed by atoms with E-state index >= 15 is 0 Å². The normalized spacial score (nSPS) is 17.8. The van der Waals surface area contributed by atoms with E-state index in [1.54, 1.807) is 25.1 Å². The number of hydrogen-bond donors (Lipinski definition) is 0. The van der Waals surface area contributed by atoms with Crippen molar-refractivity contribution in [3.63, 3.8) is 0 Å². The first-order valence-electron chi connectivity index (χ1n) is 10.8. The summed E-state index contributed by atoms with van der Waals surface area (Å²) in [6.45, 7) is 3.57. The quantitative estimate of drug-likeness (QED) is 0.375. The van der Waals surface area contributed by atoms with Crippen molar-refractivity contribution >= 4 is 41.0 Å². The second-order valence-corrected chi connectivity index (χ2v) is 8.85. The zero-order valence-electron chi connectivity index (χ0n) is 18.6. The molecule has 2 aromatic rings. The summed E-state index contributed by atoms with van der Waals surface area (Å²) < 4.78 is 50.8. The molecule has 1 aliphatic rings. The van der Waals surface area contributed by atoms with Crippen molar-refractivity contribution in [1.29, 1.82) is 0 Å². The van der Waals surface area contributed by atoms with Crippen molar-refractivity contribution in [3.05, 3.63) is 63.1 Å². The molecule has 0 aromatic heterocycles. The van der Waals surface area contributed by atoms with Crippen molar-refractivity contribution in [2.45, 2.75) is 57.9 Å². The third-order valence-electron chi connectivity index (χ3n) is 5.65. The Labute approximate surface area is 205 Å². The Morgan fingerprint density at radius 1 is 1.06 bits per heavy atom. The van der Waals surface area contributed by atoms with E-state index in [4.69, 9.17) is 32.7 Å². The molecule has 0 N–H and O–H groups in total. The van der Waals surface area contributed by atoms with Gasteiger partial charge in [-0.2, -0.15) is 13.2 Å². The van der Waals surface area contributed by atoms with Gasteiger partial charge in [0.05, 0.1) is 24.3 Å². The molecule has 0 saturated carbocycles. The van der Waals surface area contributed by atoms with Crippen LogP contribution < -0.4 is 4.90 Å². The summed E-state index contributed by atoms with van der Waals surface area (Å²) in [4.78, 5) is 26.7. The number of amides is 1. The van der Waals surface area contributed by atoms with Gasteiger partial charge >= 0.3 is 18.2 Å². The first kappa shape index (κ1) is 26.2. The minimum Gasteiger partial charge on any atom is -0.461 e. The van der Waals surface area contributed by atoms with Crippen LogP contribution in [0.4, 0.5) is 23.7 Å².